The van der Waals surface area contributed by atoms with E-state index in [1.165, 1.54) is 12.3 Å². The summed E-state index contributed by atoms with van der Waals surface area (Å²) in [6, 6.07) is 1.80. The van der Waals surface area contributed by atoms with Crippen LogP contribution in [-0.2, 0) is 4.79 Å². The Hall–Kier alpha value is -2.31. The summed E-state index contributed by atoms with van der Waals surface area (Å²) in [5.41, 5.74) is 0. The Labute approximate surface area is 90.2 Å². The molecule has 0 radical (unpaired) electrons. The molecule has 0 aliphatic carbocycles. The molecule has 0 spiro atoms. The lowest BCUT2D eigenvalue weighted by Crippen LogP contribution is -2.41. The molecule has 1 unspecified atom stereocenters. The second-order valence-corrected chi connectivity index (χ2v) is 3.20. The number of hydrogen-bond acceptors (Lipinski definition) is 4. The molecule has 1 saturated heterocycles. The van der Waals surface area contributed by atoms with Crippen LogP contribution in [0, 0.1) is 0 Å². The maximum Gasteiger partial charge on any atom is 0.322 e. The van der Waals surface area contributed by atoms with Crippen LogP contribution in [0.1, 0.15) is 10.6 Å². The van der Waals surface area contributed by atoms with Crippen LogP contribution in [-0.4, -0.2) is 30.4 Å². The largest absolute Gasteiger partial charge is 0.459 e. The molecule has 1 aromatic heterocycles. The highest BCUT2D eigenvalue weighted by molar-refractivity contribution is 6.04. The van der Waals surface area contributed by atoms with Gasteiger partial charge in [-0.2, -0.15) is 0 Å². The molecule has 7 heteroatoms. The van der Waals surface area contributed by atoms with Crippen LogP contribution in [0.5, 0.6) is 0 Å². The Kier molecular flexibility index (Phi) is 2.59. The Bertz CT molecular complexity index is 426. The van der Waals surface area contributed by atoms with E-state index in [1.54, 1.807) is 6.07 Å². The molecule has 1 fully saturated rings. The van der Waals surface area contributed by atoms with Gasteiger partial charge in [0, 0.05) is 6.54 Å². The van der Waals surface area contributed by atoms with E-state index in [2.05, 4.69) is 16.0 Å². The fraction of sp³-hybridized carbons (Fsp3) is 0.222. The van der Waals surface area contributed by atoms with E-state index >= 15 is 0 Å². The summed E-state index contributed by atoms with van der Waals surface area (Å²) in [5, 5.41) is 6.89. The van der Waals surface area contributed by atoms with Gasteiger partial charge < -0.3 is 15.1 Å². The summed E-state index contributed by atoms with van der Waals surface area (Å²) in [6.07, 6.45) is 1.37. The second-order valence-electron chi connectivity index (χ2n) is 3.20. The van der Waals surface area contributed by atoms with Crippen LogP contribution in [0.4, 0.5) is 4.79 Å². The fourth-order valence-corrected chi connectivity index (χ4v) is 1.29. The van der Waals surface area contributed by atoms with Gasteiger partial charge in [0.15, 0.2) is 5.76 Å². The molecule has 16 heavy (non-hydrogen) atoms. The van der Waals surface area contributed by atoms with E-state index in [9.17, 15) is 14.4 Å². The molecule has 7 nitrogen and oxygen atoms in total. The Morgan fingerprint density at radius 2 is 2.31 bits per heavy atom. The topological polar surface area (TPSA) is 100 Å². The maximum atomic E-state index is 11.4. The van der Waals surface area contributed by atoms with Crippen LogP contribution in [0.3, 0.4) is 0 Å². The zero-order chi connectivity index (χ0) is 11.5. The van der Waals surface area contributed by atoms with Gasteiger partial charge in [-0.05, 0) is 12.1 Å². The van der Waals surface area contributed by atoms with Crippen LogP contribution >= 0.6 is 0 Å². The van der Waals surface area contributed by atoms with Gasteiger partial charge in [-0.1, -0.05) is 0 Å². The predicted octanol–water partition coefficient (Wildman–Crippen LogP) is -0.783. The zero-order valence-electron chi connectivity index (χ0n) is 8.15. The van der Waals surface area contributed by atoms with Crippen LogP contribution in [0.2, 0.25) is 0 Å². The number of carbonyl (C=O) groups is 3. The molecular weight excluding hydrogens is 214 g/mol. The summed E-state index contributed by atoms with van der Waals surface area (Å²) in [6.45, 7) is 0.0249. The minimum atomic E-state index is -0.730. The monoisotopic (exact) mass is 223 g/mol. The average Bonchev–Trinajstić information content (AvgIpc) is 2.84. The number of nitrogens with one attached hydrogen (secondary N) is 3. The lowest BCUT2D eigenvalue weighted by Gasteiger charge is -2.07. The van der Waals surface area contributed by atoms with Crippen LogP contribution in [0.25, 0.3) is 0 Å². The van der Waals surface area contributed by atoms with Crippen molar-refractivity contribution in [2.75, 3.05) is 6.54 Å². The third-order valence-corrected chi connectivity index (χ3v) is 2.07. The summed E-state index contributed by atoms with van der Waals surface area (Å²) < 4.78 is 4.86. The lowest BCUT2D eigenvalue weighted by atomic mass is 10.3. The van der Waals surface area contributed by atoms with Crippen molar-refractivity contribution in [3.05, 3.63) is 24.2 Å². The molecule has 1 aromatic rings. The molecule has 0 saturated carbocycles. The third kappa shape index (κ3) is 2.02. The highest BCUT2D eigenvalue weighted by Gasteiger charge is 2.29. The van der Waals surface area contributed by atoms with Crippen molar-refractivity contribution >= 4 is 17.8 Å². The van der Waals surface area contributed by atoms with Crippen molar-refractivity contribution in [1.29, 1.82) is 0 Å². The van der Waals surface area contributed by atoms with Gasteiger partial charge in [-0.25, -0.2) is 4.79 Å². The summed E-state index contributed by atoms with van der Waals surface area (Å²) >= 11 is 0. The molecule has 0 aromatic carbocycles. The predicted molar refractivity (Wildman–Crippen MR) is 51.5 cm³/mol. The van der Waals surface area contributed by atoms with Gasteiger partial charge in [0.2, 0.25) is 0 Å². The van der Waals surface area contributed by atoms with Crippen LogP contribution in [0.15, 0.2) is 22.8 Å². The van der Waals surface area contributed by atoms with Gasteiger partial charge in [0.1, 0.15) is 6.04 Å². The zero-order valence-corrected chi connectivity index (χ0v) is 8.15. The number of hydrogen-bond donors (Lipinski definition) is 3. The molecular formula is C9H9N3O4. The van der Waals surface area contributed by atoms with Crippen molar-refractivity contribution < 1.29 is 18.8 Å². The second kappa shape index (κ2) is 4.05. The Morgan fingerprint density at radius 1 is 1.50 bits per heavy atom. The molecule has 1 aliphatic rings. The van der Waals surface area contributed by atoms with Crippen molar-refractivity contribution in [2.24, 2.45) is 0 Å². The van der Waals surface area contributed by atoms with E-state index < -0.39 is 23.9 Å². The summed E-state index contributed by atoms with van der Waals surface area (Å²) in [4.78, 5) is 33.3. The minimum absolute atomic E-state index is 0.0249. The van der Waals surface area contributed by atoms with Crippen molar-refractivity contribution in [3.8, 4) is 0 Å². The van der Waals surface area contributed by atoms with E-state index in [1.807, 2.05) is 0 Å². The molecule has 0 bridgehead atoms. The third-order valence-electron chi connectivity index (χ3n) is 2.07. The standard InChI is InChI=1S/C9H9N3O4/c13-7-5(11-9(15)12-7)4-10-8(14)6-2-1-3-16-6/h1-3,5H,4H2,(H,10,14)(H2,11,12,13,15). The molecule has 2 heterocycles. The molecule has 3 N–H and O–H groups in total. The smallest absolute Gasteiger partial charge is 0.322 e. The summed E-state index contributed by atoms with van der Waals surface area (Å²) in [5.74, 6) is -0.728. The Morgan fingerprint density at radius 3 is 2.88 bits per heavy atom. The normalized spacial score (nSPS) is 19.1. The van der Waals surface area contributed by atoms with E-state index in [0.29, 0.717) is 0 Å². The highest BCUT2D eigenvalue weighted by atomic mass is 16.3. The number of imide groups is 1. The molecule has 84 valence electrons. The molecule has 1 atom stereocenters. The van der Waals surface area contributed by atoms with Gasteiger partial charge in [-0.15, -0.1) is 0 Å². The quantitative estimate of drug-likeness (QED) is 0.585. The highest BCUT2D eigenvalue weighted by Crippen LogP contribution is 1.99. The minimum Gasteiger partial charge on any atom is -0.459 e. The number of rotatable bonds is 3. The van der Waals surface area contributed by atoms with Gasteiger partial charge in [-0.3, -0.25) is 14.9 Å². The fourth-order valence-electron chi connectivity index (χ4n) is 1.29. The maximum absolute atomic E-state index is 11.4. The SMILES string of the molecule is O=C1NC(=O)C(CNC(=O)c2ccco2)N1. The van der Waals surface area contributed by atoms with E-state index in [-0.39, 0.29) is 12.3 Å². The number of carbonyl (C=O) groups excluding carboxylic acids is 3. The van der Waals surface area contributed by atoms with Gasteiger partial charge >= 0.3 is 6.03 Å². The lowest BCUT2D eigenvalue weighted by molar-refractivity contribution is -0.120. The average molecular weight is 223 g/mol. The van der Waals surface area contributed by atoms with Crippen molar-refractivity contribution in [1.82, 2.24) is 16.0 Å². The van der Waals surface area contributed by atoms with Gasteiger partial charge in [0.05, 0.1) is 6.26 Å². The first-order valence-electron chi connectivity index (χ1n) is 4.60. The molecule has 4 amide bonds. The molecule has 2 rings (SSSR count). The summed E-state index contributed by atoms with van der Waals surface area (Å²) in [7, 11) is 0. The van der Waals surface area contributed by atoms with E-state index in [0.717, 1.165) is 0 Å². The number of amides is 4. The van der Waals surface area contributed by atoms with Crippen molar-refractivity contribution in [3.63, 3.8) is 0 Å². The van der Waals surface area contributed by atoms with Crippen molar-refractivity contribution in [2.45, 2.75) is 6.04 Å². The first-order chi connectivity index (χ1) is 7.66. The first-order valence-corrected chi connectivity index (χ1v) is 4.60. The van der Waals surface area contributed by atoms with E-state index in [4.69, 9.17) is 4.42 Å². The number of furan rings is 1. The molecule has 1 aliphatic heterocycles. The van der Waals surface area contributed by atoms with Crippen LogP contribution < -0.4 is 16.0 Å². The first kappa shape index (κ1) is 10.2. The number of urea groups is 1. The van der Waals surface area contributed by atoms with Gasteiger partial charge in [0.25, 0.3) is 11.8 Å². The Balaban J connectivity index is 1.86.